The number of nitrogens with two attached hydrogens (primary N) is 1. The maximum atomic E-state index is 11.9. The van der Waals surface area contributed by atoms with Gasteiger partial charge in [-0.15, -0.1) is 12.4 Å². The van der Waals surface area contributed by atoms with Gasteiger partial charge in [0.25, 0.3) is 0 Å². The normalized spacial score (nSPS) is 25.0. The van der Waals surface area contributed by atoms with Gasteiger partial charge in [-0.25, -0.2) is 13.1 Å². The van der Waals surface area contributed by atoms with Gasteiger partial charge in [0.2, 0.25) is 15.9 Å². The summed E-state index contributed by atoms with van der Waals surface area (Å²) in [4.78, 5) is 11.9. The second-order valence-electron chi connectivity index (χ2n) is 5.84. The van der Waals surface area contributed by atoms with Crippen LogP contribution in [-0.2, 0) is 14.8 Å². The lowest BCUT2D eigenvalue weighted by Crippen LogP contribution is -2.48. The third-order valence-electron chi connectivity index (χ3n) is 4.12. The molecule has 0 spiro atoms. The molecule has 4 atom stereocenters. The van der Waals surface area contributed by atoms with Crippen LogP contribution in [-0.4, -0.2) is 39.2 Å². The lowest BCUT2D eigenvalue weighted by atomic mass is 9.98. The molecule has 0 aromatic carbocycles. The van der Waals surface area contributed by atoms with Crippen molar-refractivity contribution >= 4 is 28.3 Å². The van der Waals surface area contributed by atoms with E-state index in [9.17, 15) is 13.2 Å². The van der Waals surface area contributed by atoms with Crippen molar-refractivity contribution in [2.75, 3.05) is 12.8 Å². The number of hydrogen-bond acceptors (Lipinski definition) is 4. The van der Waals surface area contributed by atoms with Gasteiger partial charge >= 0.3 is 0 Å². The van der Waals surface area contributed by atoms with Crippen molar-refractivity contribution in [2.45, 2.75) is 51.6 Å². The molecule has 0 aromatic heterocycles. The summed E-state index contributed by atoms with van der Waals surface area (Å²) < 4.78 is 25.2. The fourth-order valence-corrected chi connectivity index (χ4v) is 3.43. The first kappa shape index (κ1) is 20.6. The Bertz CT molecular complexity index is 430. The average molecular weight is 342 g/mol. The van der Waals surface area contributed by atoms with Crippen LogP contribution in [0, 0.1) is 11.8 Å². The van der Waals surface area contributed by atoms with E-state index in [-0.39, 0.29) is 36.2 Å². The van der Waals surface area contributed by atoms with E-state index < -0.39 is 16.1 Å². The van der Waals surface area contributed by atoms with Crippen molar-refractivity contribution in [1.82, 2.24) is 10.0 Å². The van der Waals surface area contributed by atoms with Crippen LogP contribution in [0.3, 0.4) is 0 Å². The predicted molar refractivity (Wildman–Crippen MR) is 86.8 cm³/mol. The summed E-state index contributed by atoms with van der Waals surface area (Å²) in [5.41, 5.74) is 5.87. The van der Waals surface area contributed by atoms with E-state index in [1.807, 2.05) is 13.8 Å². The quantitative estimate of drug-likeness (QED) is 0.631. The molecule has 1 saturated carbocycles. The molecular weight excluding hydrogens is 314 g/mol. The van der Waals surface area contributed by atoms with Gasteiger partial charge in [-0.1, -0.05) is 26.7 Å². The van der Waals surface area contributed by atoms with Crippen LogP contribution < -0.4 is 15.8 Å². The van der Waals surface area contributed by atoms with Crippen LogP contribution in [0.4, 0.5) is 0 Å². The number of amides is 1. The Morgan fingerprint density at radius 3 is 2.52 bits per heavy atom. The number of nitrogens with one attached hydrogen (secondary N) is 2. The smallest absolute Gasteiger partial charge is 0.237 e. The highest BCUT2D eigenvalue weighted by molar-refractivity contribution is 7.88. The summed E-state index contributed by atoms with van der Waals surface area (Å²) in [5.74, 6) is 0.144. The molecule has 1 amide bonds. The Hall–Kier alpha value is -0.370. The van der Waals surface area contributed by atoms with Crippen molar-refractivity contribution < 1.29 is 13.2 Å². The first-order valence-corrected chi connectivity index (χ1v) is 9.14. The number of hydrogen-bond donors (Lipinski definition) is 3. The van der Waals surface area contributed by atoms with Gasteiger partial charge in [0.1, 0.15) is 0 Å². The Kier molecular flexibility index (Phi) is 8.77. The van der Waals surface area contributed by atoms with Crippen molar-refractivity contribution in [3.05, 3.63) is 0 Å². The summed E-state index contributed by atoms with van der Waals surface area (Å²) in [5, 5.41) is 2.86. The molecular formula is C13H28ClN3O3S. The number of carbonyl (C=O) groups is 1. The first-order chi connectivity index (χ1) is 9.24. The summed E-state index contributed by atoms with van der Waals surface area (Å²) in [6, 6.07) is -0.576. The molecule has 0 aliphatic heterocycles. The molecule has 6 nitrogen and oxygen atoms in total. The maximum Gasteiger partial charge on any atom is 0.237 e. The maximum absolute atomic E-state index is 11.9. The minimum absolute atomic E-state index is 0. The highest BCUT2D eigenvalue weighted by Gasteiger charge is 2.30. The van der Waals surface area contributed by atoms with Gasteiger partial charge in [0.15, 0.2) is 0 Å². The summed E-state index contributed by atoms with van der Waals surface area (Å²) in [6.07, 6.45) is 4.75. The minimum Gasteiger partial charge on any atom is -0.354 e. The number of sulfonamides is 1. The van der Waals surface area contributed by atoms with Crippen molar-refractivity contribution in [1.29, 1.82) is 0 Å². The van der Waals surface area contributed by atoms with E-state index in [0.717, 1.165) is 25.7 Å². The fourth-order valence-electron chi connectivity index (χ4n) is 2.57. The molecule has 0 aromatic rings. The highest BCUT2D eigenvalue weighted by atomic mass is 35.5. The molecule has 8 heteroatoms. The lowest BCUT2D eigenvalue weighted by molar-refractivity contribution is -0.123. The molecule has 0 heterocycles. The zero-order valence-electron chi connectivity index (χ0n) is 13.0. The van der Waals surface area contributed by atoms with Crippen LogP contribution in [0.2, 0.25) is 0 Å². The van der Waals surface area contributed by atoms with Crippen LogP contribution in [0.1, 0.15) is 39.5 Å². The summed E-state index contributed by atoms with van der Waals surface area (Å²) >= 11 is 0. The fraction of sp³-hybridized carbons (Fsp3) is 0.923. The summed E-state index contributed by atoms with van der Waals surface area (Å²) in [7, 11) is -3.20. The number of carbonyl (C=O) groups excluding carboxylic acids is 1. The van der Waals surface area contributed by atoms with Crippen LogP contribution >= 0.6 is 12.4 Å². The monoisotopic (exact) mass is 341 g/mol. The zero-order chi connectivity index (χ0) is 15.3. The van der Waals surface area contributed by atoms with Gasteiger partial charge in [0.05, 0.1) is 12.3 Å². The highest BCUT2D eigenvalue weighted by Crippen LogP contribution is 2.25. The molecule has 21 heavy (non-hydrogen) atoms. The molecule has 0 saturated heterocycles. The van der Waals surface area contributed by atoms with Gasteiger partial charge in [-0.2, -0.15) is 0 Å². The lowest BCUT2D eigenvalue weighted by Gasteiger charge is -2.23. The largest absolute Gasteiger partial charge is 0.354 e. The number of rotatable bonds is 7. The van der Waals surface area contributed by atoms with Crippen molar-refractivity contribution in [3.8, 4) is 0 Å². The second-order valence-corrected chi connectivity index (χ2v) is 7.62. The van der Waals surface area contributed by atoms with E-state index in [1.165, 1.54) is 6.26 Å². The third-order valence-corrected chi connectivity index (χ3v) is 4.85. The SMILES string of the molecule is CCC(C)C(N)C(=O)NCC1CCCC1NS(C)(=O)=O.Cl. The Labute approximate surface area is 134 Å². The Morgan fingerprint density at radius 2 is 2.00 bits per heavy atom. The standard InChI is InChI=1S/C13H27N3O3S.ClH/c1-4-9(2)12(14)13(17)15-8-10-6-5-7-11(10)16-20(3,18)19;/h9-12,16H,4-8,14H2,1-3H3,(H,15,17);1H. The van der Waals surface area contributed by atoms with E-state index in [4.69, 9.17) is 5.73 Å². The predicted octanol–water partition coefficient (Wildman–Crippen LogP) is 0.616. The minimum atomic E-state index is -3.20. The zero-order valence-corrected chi connectivity index (χ0v) is 14.6. The van der Waals surface area contributed by atoms with E-state index in [2.05, 4.69) is 10.0 Å². The van der Waals surface area contributed by atoms with Crippen molar-refractivity contribution in [2.24, 2.45) is 17.6 Å². The molecule has 0 radical (unpaired) electrons. The van der Waals surface area contributed by atoms with Crippen molar-refractivity contribution in [3.63, 3.8) is 0 Å². The average Bonchev–Trinajstić information content (AvgIpc) is 2.79. The van der Waals surface area contributed by atoms with Gasteiger partial charge < -0.3 is 11.1 Å². The Morgan fingerprint density at radius 1 is 1.38 bits per heavy atom. The molecule has 0 bridgehead atoms. The molecule has 1 aliphatic rings. The molecule has 4 unspecified atom stereocenters. The van der Waals surface area contributed by atoms with Crippen LogP contribution in [0.15, 0.2) is 0 Å². The molecule has 1 aliphatic carbocycles. The van der Waals surface area contributed by atoms with Crippen LogP contribution in [0.5, 0.6) is 0 Å². The molecule has 1 rings (SSSR count). The van der Waals surface area contributed by atoms with Gasteiger partial charge in [0, 0.05) is 12.6 Å². The Balaban J connectivity index is 0.00000400. The molecule has 126 valence electrons. The topological polar surface area (TPSA) is 101 Å². The summed E-state index contributed by atoms with van der Waals surface area (Å²) in [6.45, 7) is 4.44. The first-order valence-electron chi connectivity index (χ1n) is 7.25. The van der Waals surface area contributed by atoms with E-state index in [1.54, 1.807) is 0 Å². The van der Waals surface area contributed by atoms with E-state index in [0.29, 0.717) is 6.54 Å². The van der Waals surface area contributed by atoms with Crippen LogP contribution in [0.25, 0.3) is 0 Å². The molecule has 1 fully saturated rings. The van der Waals surface area contributed by atoms with Gasteiger partial charge in [-0.05, 0) is 24.7 Å². The second kappa shape index (κ2) is 8.92. The third kappa shape index (κ3) is 6.95. The van der Waals surface area contributed by atoms with Gasteiger partial charge in [-0.3, -0.25) is 4.79 Å². The number of halogens is 1. The van der Waals surface area contributed by atoms with E-state index >= 15 is 0 Å². The molecule has 4 N–H and O–H groups in total.